The smallest absolute Gasteiger partial charge is 0.251 e. The molecule has 160 valence electrons. The Kier molecular flexibility index (Phi) is 22.5. The molecule has 0 atom stereocenters. The number of rotatable bonds is 0. The first-order chi connectivity index (χ1) is 9.41. The van der Waals surface area contributed by atoms with Gasteiger partial charge in [-0.1, -0.05) is 52.9 Å². The summed E-state index contributed by atoms with van der Waals surface area (Å²) in [5.41, 5.74) is 10.7. The van der Waals surface area contributed by atoms with E-state index in [0.29, 0.717) is 0 Å². The minimum absolute atomic E-state index is 0. The Morgan fingerprint density at radius 2 is 0.800 bits per heavy atom. The fraction of sp³-hybridized carbons (Fsp3) is 1.00. The Balaban J connectivity index is -0.0000000688. The highest BCUT2D eigenvalue weighted by molar-refractivity contribution is 7.46. The molecule has 2 aliphatic heterocycles. The Morgan fingerprint density at radius 1 is 0.680 bits per heavy atom. The van der Waals surface area contributed by atoms with Gasteiger partial charge >= 0.3 is 0 Å². The molecular weight excluding hydrogens is 407 g/mol. The third-order valence-corrected chi connectivity index (χ3v) is 10.6. The van der Waals surface area contributed by atoms with Crippen molar-refractivity contribution in [2.45, 2.75) is 118 Å². The second-order valence-electron chi connectivity index (χ2n) is 9.46. The Bertz CT molecular complexity index is 246. The Labute approximate surface area is 178 Å². The molecule has 2 nitrogen and oxygen atoms in total. The summed E-state index contributed by atoms with van der Waals surface area (Å²) in [6.07, 6.45) is 2.79. The van der Waals surface area contributed by atoms with Gasteiger partial charge in [-0.05, 0) is 53.6 Å². The average molecular weight is 456 g/mol. The molecule has 0 aromatic carbocycles. The zero-order valence-electron chi connectivity index (χ0n) is 16.6. The summed E-state index contributed by atoms with van der Waals surface area (Å²) in [7, 11) is -0.451. The summed E-state index contributed by atoms with van der Waals surface area (Å²) in [6, 6.07) is 5.42. The van der Waals surface area contributed by atoms with E-state index < -0.39 is 14.8 Å². The van der Waals surface area contributed by atoms with Crippen LogP contribution in [0.15, 0.2) is 0 Å². The van der Waals surface area contributed by atoms with Gasteiger partial charge in [0, 0.05) is 19.2 Å². The third-order valence-electron chi connectivity index (χ3n) is 2.79. The molecule has 0 spiro atoms. The molecular formula is C18H49Cl3N2Si2. The van der Waals surface area contributed by atoms with Crippen molar-refractivity contribution in [2.24, 2.45) is 11.5 Å². The van der Waals surface area contributed by atoms with Crippen LogP contribution in [0, 0.1) is 0 Å². The fourth-order valence-electron chi connectivity index (χ4n) is 1.33. The summed E-state index contributed by atoms with van der Waals surface area (Å²) in [4.78, 5) is 0. The second kappa shape index (κ2) is 15.2. The number of hydrogen-bond acceptors (Lipinski definition) is 2. The van der Waals surface area contributed by atoms with E-state index in [4.69, 9.17) is 33.6 Å². The minimum atomic E-state index is -1.51. The normalized spacial score (nSPS) is 18.7. The Hall–Kier alpha value is 1.22. The SMILES string of the molecule is C.C.CC(C)(C)N.CC(C)(C)N.C[Si]1(C)CCC1.Cl.Cl[Si]1(Cl)CCC1. The van der Waals surface area contributed by atoms with Crippen LogP contribution >= 0.6 is 34.6 Å². The molecule has 0 amide bonds. The molecule has 0 unspecified atom stereocenters. The molecule has 7 heteroatoms. The van der Waals surface area contributed by atoms with Crippen LogP contribution in [0.2, 0.25) is 37.3 Å². The highest BCUT2D eigenvalue weighted by atomic mass is 35.7. The molecule has 0 bridgehead atoms. The number of nitrogens with two attached hydrogens (primary N) is 2. The Morgan fingerprint density at radius 3 is 0.800 bits per heavy atom. The summed E-state index contributed by atoms with van der Waals surface area (Å²) in [5.74, 6) is 0. The maximum atomic E-state index is 5.71. The van der Waals surface area contributed by atoms with Gasteiger partial charge in [-0.15, -0.1) is 34.6 Å². The molecule has 25 heavy (non-hydrogen) atoms. The molecule has 2 fully saturated rings. The van der Waals surface area contributed by atoms with E-state index in [1.54, 1.807) is 12.1 Å². The van der Waals surface area contributed by atoms with Gasteiger partial charge < -0.3 is 11.5 Å². The van der Waals surface area contributed by atoms with Crippen LogP contribution in [0.3, 0.4) is 0 Å². The minimum Gasteiger partial charge on any atom is -0.326 e. The molecule has 0 saturated carbocycles. The van der Waals surface area contributed by atoms with Crippen molar-refractivity contribution in [1.29, 1.82) is 0 Å². The zero-order valence-corrected chi connectivity index (χ0v) is 20.9. The molecule has 2 heterocycles. The maximum Gasteiger partial charge on any atom is 0.251 e. The van der Waals surface area contributed by atoms with Gasteiger partial charge in [-0.25, -0.2) is 0 Å². The van der Waals surface area contributed by atoms with E-state index in [9.17, 15) is 0 Å². The first kappa shape index (κ1) is 37.0. The molecule has 4 N–H and O–H groups in total. The summed E-state index contributed by atoms with van der Waals surface area (Å²) >= 11 is 11.4. The summed E-state index contributed by atoms with van der Waals surface area (Å²) in [6.45, 7) is 15.2. The monoisotopic (exact) mass is 454 g/mol. The lowest BCUT2D eigenvalue weighted by atomic mass is 10.1. The number of hydrogen-bond donors (Lipinski definition) is 2. The largest absolute Gasteiger partial charge is 0.326 e. The lowest BCUT2D eigenvalue weighted by Crippen LogP contribution is -2.32. The van der Waals surface area contributed by atoms with Gasteiger partial charge in [0.15, 0.2) is 0 Å². The first-order valence-corrected chi connectivity index (χ1v) is 16.2. The van der Waals surface area contributed by atoms with E-state index in [1.807, 2.05) is 41.5 Å². The van der Waals surface area contributed by atoms with Gasteiger partial charge in [0.05, 0.1) is 0 Å². The topological polar surface area (TPSA) is 52.0 Å². The van der Waals surface area contributed by atoms with Crippen LogP contribution in [0.4, 0.5) is 0 Å². The molecule has 0 aromatic rings. The lowest BCUT2D eigenvalue weighted by molar-refractivity contribution is 0.579. The third kappa shape index (κ3) is 45.9. The van der Waals surface area contributed by atoms with Crippen molar-refractivity contribution in [3.63, 3.8) is 0 Å². The van der Waals surface area contributed by atoms with Crippen LogP contribution in [0.1, 0.15) is 69.2 Å². The standard InChI is InChI=1S/C5H12Si.2C4H11N.C3H6Cl2Si.2CH4.ClH/c1-6(2)4-3-5-6;2*1-4(2,3)5;4-6(5)2-1-3-6;;;/h3-5H2,1-2H3;2*5H2,1-3H3;1-3H2;2*1H4;1H. The van der Waals surface area contributed by atoms with E-state index in [1.165, 1.54) is 12.8 Å². The van der Waals surface area contributed by atoms with Gasteiger partial charge in [0.2, 0.25) is 0 Å². The van der Waals surface area contributed by atoms with Crippen molar-refractivity contribution in [3.8, 4) is 0 Å². The lowest BCUT2D eigenvalue weighted by Gasteiger charge is -2.31. The fourth-order valence-corrected chi connectivity index (χ4v) is 5.59. The van der Waals surface area contributed by atoms with E-state index >= 15 is 0 Å². The summed E-state index contributed by atoms with van der Waals surface area (Å²) in [5, 5.41) is 0. The van der Waals surface area contributed by atoms with Gasteiger partial charge in [0.25, 0.3) is 6.69 Å². The molecule has 2 aliphatic rings. The zero-order chi connectivity index (χ0) is 18.2. The highest BCUT2D eigenvalue weighted by Crippen LogP contribution is 2.38. The van der Waals surface area contributed by atoms with Crippen LogP contribution in [0.25, 0.3) is 0 Å². The van der Waals surface area contributed by atoms with Crippen LogP contribution < -0.4 is 11.5 Å². The quantitative estimate of drug-likeness (QED) is 0.292. The molecule has 2 saturated heterocycles. The molecule has 2 rings (SSSR count). The van der Waals surface area contributed by atoms with Crippen LogP contribution in [0.5, 0.6) is 0 Å². The second-order valence-corrected chi connectivity index (χ2v) is 22.4. The van der Waals surface area contributed by atoms with Gasteiger partial charge in [-0.2, -0.15) is 0 Å². The first-order valence-electron chi connectivity index (χ1n) is 8.37. The van der Waals surface area contributed by atoms with Gasteiger partial charge in [-0.3, -0.25) is 0 Å². The van der Waals surface area contributed by atoms with Crippen molar-refractivity contribution in [1.82, 2.24) is 0 Å². The average Bonchev–Trinajstić information content (AvgIpc) is 2.08. The molecule has 0 aromatic heterocycles. The molecule has 0 aliphatic carbocycles. The van der Waals surface area contributed by atoms with Crippen LogP contribution in [-0.2, 0) is 0 Å². The van der Waals surface area contributed by atoms with Crippen molar-refractivity contribution in [2.75, 3.05) is 0 Å². The summed E-state index contributed by atoms with van der Waals surface area (Å²) < 4.78 is 0. The van der Waals surface area contributed by atoms with E-state index in [2.05, 4.69) is 13.1 Å². The highest BCUT2D eigenvalue weighted by Gasteiger charge is 2.35. The molecule has 0 radical (unpaired) electrons. The predicted molar refractivity (Wildman–Crippen MR) is 132 cm³/mol. The van der Waals surface area contributed by atoms with E-state index in [-0.39, 0.29) is 38.3 Å². The maximum absolute atomic E-state index is 5.71. The van der Waals surface area contributed by atoms with Crippen molar-refractivity contribution >= 4 is 49.3 Å². The van der Waals surface area contributed by atoms with E-state index in [0.717, 1.165) is 12.1 Å². The van der Waals surface area contributed by atoms with Gasteiger partial charge in [0.1, 0.15) is 0 Å². The van der Waals surface area contributed by atoms with Crippen molar-refractivity contribution in [3.05, 3.63) is 0 Å². The van der Waals surface area contributed by atoms with Crippen molar-refractivity contribution < 1.29 is 0 Å². The van der Waals surface area contributed by atoms with Crippen LogP contribution in [-0.4, -0.2) is 25.8 Å². The number of halogens is 3. The predicted octanol–water partition coefficient (Wildman–Crippen LogP) is 7.59.